The highest BCUT2D eigenvalue weighted by atomic mass is 31.2. The van der Waals surface area contributed by atoms with E-state index in [4.69, 9.17) is 4.42 Å². The molecule has 4 heteroatoms. The minimum absolute atomic E-state index is 0.684. The molecule has 2 aliphatic heterocycles. The predicted octanol–water partition coefficient (Wildman–Crippen LogP) is 11.2. The van der Waals surface area contributed by atoms with Crippen molar-refractivity contribution in [1.82, 2.24) is 4.57 Å². The topological polar surface area (TPSA) is 35.1 Å². The Morgan fingerprint density at radius 1 is 0.604 bits per heavy atom. The summed E-state index contributed by atoms with van der Waals surface area (Å²) >= 11 is 0. The molecular formula is C49H32NO2P. The number of nitrogens with zero attached hydrogens (tertiary/aromatic N) is 1. The van der Waals surface area contributed by atoms with Crippen LogP contribution in [0.15, 0.2) is 180 Å². The van der Waals surface area contributed by atoms with Crippen LogP contribution in [0.4, 0.5) is 0 Å². The van der Waals surface area contributed by atoms with Gasteiger partial charge in [0, 0.05) is 48.7 Å². The Balaban J connectivity index is 1.28. The minimum atomic E-state index is -3.33. The van der Waals surface area contributed by atoms with Gasteiger partial charge in [0.1, 0.15) is 11.2 Å². The van der Waals surface area contributed by atoms with E-state index < -0.39 is 12.6 Å². The van der Waals surface area contributed by atoms with Gasteiger partial charge in [0.05, 0.1) is 16.4 Å². The second kappa shape index (κ2) is 10.5. The zero-order chi connectivity index (χ0) is 34.9. The van der Waals surface area contributed by atoms with E-state index in [1.54, 1.807) is 0 Å². The summed E-state index contributed by atoms with van der Waals surface area (Å²) < 4.78 is 25.5. The zero-order valence-corrected chi connectivity index (χ0v) is 29.7. The molecule has 9 aromatic rings. The molecule has 2 unspecified atom stereocenters. The molecule has 2 atom stereocenters. The molecule has 0 radical (unpaired) electrons. The lowest BCUT2D eigenvalue weighted by atomic mass is 9.60. The van der Waals surface area contributed by atoms with Gasteiger partial charge in [0.2, 0.25) is 0 Å². The maximum absolute atomic E-state index is 16.4. The van der Waals surface area contributed by atoms with Crippen molar-refractivity contribution >= 4 is 72.5 Å². The Morgan fingerprint density at radius 3 is 2.25 bits per heavy atom. The normalized spacial score (nSPS) is 20.0. The number of fused-ring (bicyclic) bond motifs is 13. The summed E-state index contributed by atoms with van der Waals surface area (Å²) in [4.78, 5) is 0. The summed E-state index contributed by atoms with van der Waals surface area (Å²) in [5, 5.41) is 7.38. The molecule has 1 spiro atoms. The zero-order valence-electron chi connectivity index (χ0n) is 28.8. The highest BCUT2D eigenvalue weighted by Gasteiger charge is 2.55. The van der Waals surface area contributed by atoms with Crippen molar-refractivity contribution in [2.45, 2.75) is 18.3 Å². The van der Waals surface area contributed by atoms with E-state index in [0.29, 0.717) is 0 Å². The fourth-order valence-electron chi connectivity index (χ4n) is 10.1. The van der Waals surface area contributed by atoms with E-state index in [1.807, 2.05) is 30.3 Å². The second-order valence-corrected chi connectivity index (χ2v) is 17.3. The number of hydrogen-bond acceptors (Lipinski definition) is 2. The molecule has 0 saturated heterocycles. The Kier molecular flexibility index (Phi) is 5.81. The molecule has 7 aromatic carbocycles. The van der Waals surface area contributed by atoms with Gasteiger partial charge in [-0.25, -0.2) is 0 Å². The average molecular weight is 698 g/mol. The first-order valence-corrected chi connectivity index (χ1v) is 20.1. The Morgan fingerprint density at radius 2 is 1.32 bits per heavy atom. The van der Waals surface area contributed by atoms with Gasteiger partial charge in [-0.3, -0.25) is 0 Å². The highest BCUT2D eigenvalue weighted by Crippen LogP contribution is 2.62. The van der Waals surface area contributed by atoms with E-state index in [2.05, 4.69) is 144 Å². The van der Waals surface area contributed by atoms with Gasteiger partial charge in [-0.05, 0) is 71.0 Å². The molecule has 3 nitrogen and oxygen atoms in total. The highest BCUT2D eigenvalue weighted by molar-refractivity contribution is 7.85. The van der Waals surface area contributed by atoms with E-state index in [-0.39, 0.29) is 0 Å². The SMILES string of the molecule is O=P1(c2ccccc2)c2ccccc2C2(C3=C(C=CCC3)n3c4ccccc4c4cccc2c43)c2cc(-c3cccc4c3oc3ccccc34)ccc21. The molecular weight excluding hydrogens is 666 g/mol. The van der Waals surface area contributed by atoms with Crippen molar-refractivity contribution in [3.8, 4) is 11.1 Å². The number of hydrogen-bond donors (Lipinski definition) is 0. The van der Waals surface area contributed by atoms with Crippen molar-refractivity contribution in [1.29, 1.82) is 0 Å². The van der Waals surface area contributed by atoms with Gasteiger partial charge in [0.15, 0.2) is 7.14 Å². The molecule has 0 saturated carbocycles. The van der Waals surface area contributed by atoms with Crippen molar-refractivity contribution in [3.63, 3.8) is 0 Å². The summed E-state index contributed by atoms with van der Waals surface area (Å²) in [5.74, 6) is 0. The van der Waals surface area contributed by atoms with Crippen LogP contribution in [-0.4, -0.2) is 4.57 Å². The van der Waals surface area contributed by atoms with Crippen molar-refractivity contribution < 1.29 is 8.98 Å². The summed E-state index contributed by atoms with van der Waals surface area (Å²) in [6.45, 7) is 0. The molecule has 0 fully saturated rings. The third-order valence-electron chi connectivity index (χ3n) is 12.2. The van der Waals surface area contributed by atoms with Crippen LogP contribution < -0.4 is 15.9 Å². The maximum atomic E-state index is 16.4. The number of aromatic nitrogens is 1. The molecule has 4 heterocycles. The fourth-order valence-corrected chi connectivity index (χ4v) is 13.2. The predicted molar refractivity (Wildman–Crippen MR) is 219 cm³/mol. The largest absolute Gasteiger partial charge is 0.455 e. The van der Waals surface area contributed by atoms with Gasteiger partial charge in [-0.2, -0.15) is 0 Å². The number of para-hydroxylation sites is 4. The van der Waals surface area contributed by atoms with Gasteiger partial charge in [0.25, 0.3) is 0 Å². The number of allylic oxidation sites excluding steroid dienone is 4. The summed E-state index contributed by atoms with van der Waals surface area (Å²) in [7, 11) is -3.33. The third kappa shape index (κ3) is 3.58. The number of furan rings is 1. The lowest BCUT2D eigenvalue weighted by Crippen LogP contribution is -2.49. The quantitative estimate of drug-likeness (QED) is 0.169. The van der Waals surface area contributed by atoms with E-state index in [0.717, 1.165) is 72.9 Å². The van der Waals surface area contributed by atoms with Crippen LogP contribution in [-0.2, 0) is 9.98 Å². The van der Waals surface area contributed by atoms with Crippen LogP contribution >= 0.6 is 7.14 Å². The molecule has 3 aliphatic rings. The van der Waals surface area contributed by atoms with Gasteiger partial charge >= 0.3 is 0 Å². The van der Waals surface area contributed by atoms with Crippen LogP contribution in [0.25, 0.3) is 60.6 Å². The Labute approximate surface area is 306 Å². The Hall–Kier alpha value is -6.15. The van der Waals surface area contributed by atoms with Gasteiger partial charge in [-0.15, -0.1) is 0 Å². The fraction of sp³-hybridized carbons (Fsp3) is 0.0612. The van der Waals surface area contributed by atoms with Gasteiger partial charge < -0.3 is 13.5 Å². The molecule has 250 valence electrons. The second-order valence-electron chi connectivity index (χ2n) is 14.6. The number of benzene rings is 7. The smallest absolute Gasteiger partial charge is 0.171 e. The minimum Gasteiger partial charge on any atom is -0.455 e. The molecule has 2 aromatic heterocycles. The van der Waals surface area contributed by atoms with E-state index in [1.165, 1.54) is 38.6 Å². The van der Waals surface area contributed by atoms with Crippen molar-refractivity contribution in [3.05, 3.63) is 192 Å². The number of rotatable bonds is 2. The monoisotopic (exact) mass is 697 g/mol. The van der Waals surface area contributed by atoms with Crippen LogP contribution in [0.3, 0.4) is 0 Å². The lowest BCUT2D eigenvalue weighted by Gasteiger charge is -2.49. The lowest BCUT2D eigenvalue weighted by molar-refractivity contribution is 0.589. The average Bonchev–Trinajstić information content (AvgIpc) is 3.78. The Bertz CT molecular complexity index is 3160. The van der Waals surface area contributed by atoms with Crippen molar-refractivity contribution in [2.75, 3.05) is 0 Å². The summed E-state index contributed by atoms with van der Waals surface area (Å²) in [6, 6.07) is 55.8. The standard InChI is InChI=1S/C49H32NO2P/c51-53(32-14-2-1-3-15-32)45-27-11-7-22-39(45)49(38-21-6-9-25-43(38)50-42-24-8-4-16-34(42)36-19-13-23-40(49)47(36)50)41-30-31(28-29-46(41)53)33-18-12-20-37-35-17-5-10-26-44(35)52-48(33)37/h1-5,7-20,22-30H,6,21H2. The first-order valence-electron chi connectivity index (χ1n) is 18.4. The van der Waals surface area contributed by atoms with Crippen LogP contribution in [0.5, 0.6) is 0 Å². The molecule has 53 heavy (non-hydrogen) atoms. The molecule has 1 aliphatic carbocycles. The maximum Gasteiger partial charge on any atom is 0.171 e. The first-order chi connectivity index (χ1) is 26.2. The summed E-state index contributed by atoms with van der Waals surface area (Å²) in [5.41, 5.74) is 11.6. The van der Waals surface area contributed by atoms with Crippen molar-refractivity contribution in [2.24, 2.45) is 0 Å². The molecule has 0 amide bonds. The molecule has 0 N–H and O–H groups in total. The van der Waals surface area contributed by atoms with E-state index >= 15 is 4.57 Å². The third-order valence-corrected chi connectivity index (χ3v) is 15.3. The summed E-state index contributed by atoms with van der Waals surface area (Å²) in [6.07, 6.45) is 6.50. The van der Waals surface area contributed by atoms with Crippen LogP contribution in [0, 0.1) is 0 Å². The van der Waals surface area contributed by atoms with Crippen LogP contribution in [0.2, 0.25) is 0 Å². The molecule has 12 rings (SSSR count). The van der Waals surface area contributed by atoms with E-state index in [9.17, 15) is 0 Å². The molecule has 0 bridgehead atoms. The first kappa shape index (κ1) is 29.4. The van der Waals surface area contributed by atoms with Gasteiger partial charge in [-0.1, -0.05) is 140 Å². The van der Waals surface area contributed by atoms with Crippen LogP contribution in [0.1, 0.15) is 29.5 Å².